The number of amides is 1. The normalized spacial score (nSPS) is 11.3. The lowest BCUT2D eigenvalue weighted by molar-refractivity contribution is -0.121. The van der Waals surface area contributed by atoms with Gasteiger partial charge in [0, 0.05) is 34.8 Å². The second-order valence-corrected chi connectivity index (χ2v) is 8.07. The number of carbonyl (C=O) groups is 1. The molecule has 168 valence electrons. The molecule has 1 aromatic heterocycles. The number of hydrogen-bond acceptors (Lipinski definition) is 3. The first-order chi connectivity index (χ1) is 16.8. The predicted octanol–water partition coefficient (Wildman–Crippen LogP) is 5.91. The van der Waals surface area contributed by atoms with E-state index < -0.39 is 0 Å². The summed E-state index contributed by atoms with van der Waals surface area (Å²) in [6.45, 7) is 1.11. The Morgan fingerprint density at radius 3 is 2.09 bits per heavy atom. The van der Waals surface area contributed by atoms with Gasteiger partial charge in [0.1, 0.15) is 12.4 Å². The zero-order valence-electron chi connectivity index (χ0n) is 18.7. The second-order valence-electron chi connectivity index (χ2n) is 8.07. The summed E-state index contributed by atoms with van der Waals surface area (Å²) in [6, 6.07) is 34.2. The summed E-state index contributed by atoms with van der Waals surface area (Å²) in [4.78, 5) is 12.4. The van der Waals surface area contributed by atoms with Crippen LogP contribution in [-0.4, -0.2) is 16.7 Å². The first kappa shape index (κ1) is 21.5. The lowest BCUT2D eigenvalue weighted by Gasteiger charge is -2.07. The molecule has 0 unspecified atom stereocenters. The fraction of sp³-hybridized carbons (Fsp3) is 0.103. The minimum atomic E-state index is -0.124. The Balaban J connectivity index is 1.16. The maximum Gasteiger partial charge on any atom is 0.241 e. The molecule has 0 saturated carbocycles. The molecule has 0 bridgehead atoms. The van der Waals surface area contributed by atoms with Gasteiger partial charge in [-0.1, -0.05) is 66.7 Å². The summed E-state index contributed by atoms with van der Waals surface area (Å²) in [7, 11) is 0. The average Bonchev–Trinajstić information content (AvgIpc) is 3.21. The number of nitrogens with zero attached hydrogens (tertiary/aromatic N) is 2. The Bertz CT molecular complexity index is 1380. The molecular weight excluding hydrogens is 422 g/mol. The monoisotopic (exact) mass is 447 g/mol. The third-order valence-electron chi connectivity index (χ3n) is 5.77. The van der Waals surface area contributed by atoms with Gasteiger partial charge in [0.2, 0.25) is 5.91 Å². The number of ether oxygens (including phenoxy) is 1. The van der Waals surface area contributed by atoms with Crippen LogP contribution in [0.15, 0.2) is 108 Å². The number of nitrogens with one attached hydrogen (secondary N) is 1. The number of benzene rings is 4. The first-order valence-electron chi connectivity index (χ1n) is 11.3. The van der Waals surface area contributed by atoms with Gasteiger partial charge in [-0.15, -0.1) is 0 Å². The van der Waals surface area contributed by atoms with Crippen molar-refractivity contribution in [2.45, 2.75) is 19.6 Å². The summed E-state index contributed by atoms with van der Waals surface area (Å²) < 4.78 is 8.00. The zero-order valence-corrected chi connectivity index (χ0v) is 18.7. The van der Waals surface area contributed by atoms with E-state index in [1.165, 1.54) is 10.8 Å². The van der Waals surface area contributed by atoms with Crippen molar-refractivity contribution in [3.63, 3.8) is 0 Å². The molecule has 0 radical (unpaired) electrons. The molecule has 0 aliphatic rings. The van der Waals surface area contributed by atoms with Crippen LogP contribution in [0.3, 0.4) is 0 Å². The lowest BCUT2D eigenvalue weighted by Crippen LogP contribution is -2.19. The van der Waals surface area contributed by atoms with E-state index in [1.54, 1.807) is 6.21 Å². The summed E-state index contributed by atoms with van der Waals surface area (Å²) in [5.74, 6) is 0.664. The largest absolute Gasteiger partial charge is 0.489 e. The van der Waals surface area contributed by atoms with Crippen LogP contribution in [0.4, 0.5) is 0 Å². The van der Waals surface area contributed by atoms with Crippen LogP contribution in [0.5, 0.6) is 5.75 Å². The van der Waals surface area contributed by atoms with Gasteiger partial charge in [-0.3, -0.25) is 4.79 Å². The molecule has 1 heterocycles. The van der Waals surface area contributed by atoms with Crippen molar-refractivity contribution < 1.29 is 9.53 Å². The Labute approximate surface area is 198 Å². The van der Waals surface area contributed by atoms with E-state index >= 15 is 0 Å². The highest BCUT2D eigenvalue weighted by Gasteiger charge is 2.10. The number of fused-ring (bicyclic) bond motifs is 3. The van der Waals surface area contributed by atoms with Gasteiger partial charge < -0.3 is 9.30 Å². The lowest BCUT2D eigenvalue weighted by atomic mass is 10.2. The number of hydrogen-bond donors (Lipinski definition) is 1. The Morgan fingerprint density at radius 1 is 0.794 bits per heavy atom. The number of hydrazone groups is 1. The van der Waals surface area contributed by atoms with Gasteiger partial charge in [0.25, 0.3) is 0 Å². The number of aryl methyl sites for hydroxylation is 1. The minimum Gasteiger partial charge on any atom is -0.489 e. The highest BCUT2D eigenvalue weighted by Crippen LogP contribution is 2.28. The van der Waals surface area contributed by atoms with Crippen LogP contribution in [-0.2, 0) is 17.9 Å². The van der Waals surface area contributed by atoms with E-state index in [9.17, 15) is 4.79 Å². The van der Waals surface area contributed by atoms with Gasteiger partial charge in [-0.05, 0) is 47.5 Å². The number of para-hydroxylation sites is 2. The Morgan fingerprint density at radius 2 is 1.41 bits per heavy atom. The van der Waals surface area contributed by atoms with Crippen molar-refractivity contribution in [1.29, 1.82) is 0 Å². The third kappa shape index (κ3) is 4.84. The Hall–Kier alpha value is -4.38. The molecule has 0 fully saturated rings. The first-order valence-corrected chi connectivity index (χ1v) is 11.3. The van der Waals surface area contributed by atoms with E-state index in [-0.39, 0.29) is 5.91 Å². The van der Waals surface area contributed by atoms with Crippen molar-refractivity contribution in [2.75, 3.05) is 0 Å². The highest BCUT2D eigenvalue weighted by molar-refractivity contribution is 6.08. The summed E-state index contributed by atoms with van der Waals surface area (Å²) in [5.41, 5.74) is 6.91. The van der Waals surface area contributed by atoms with Crippen molar-refractivity contribution in [3.8, 4) is 5.75 Å². The smallest absolute Gasteiger partial charge is 0.241 e. The number of rotatable bonds is 8. The topological polar surface area (TPSA) is 55.6 Å². The molecular formula is C29H25N3O2. The maximum absolute atomic E-state index is 12.4. The minimum absolute atomic E-state index is 0.124. The van der Waals surface area contributed by atoms with E-state index in [2.05, 4.69) is 39.4 Å². The van der Waals surface area contributed by atoms with E-state index in [4.69, 9.17) is 4.74 Å². The molecule has 5 aromatic rings. The highest BCUT2D eigenvalue weighted by atomic mass is 16.5. The molecule has 0 aliphatic carbocycles. The van der Waals surface area contributed by atoms with Gasteiger partial charge in [-0.25, -0.2) is 5.43 Å². The number of aromatic nitrogens is 1. The molecule has 5 nitrogen and oxygen atoms in total. The molecule has 5 heteroatoms. The molecule has 0 spiro atoms. The molecule has 1 amide bonds. The van der Waals surface area contributed by atoms with Gasteiger partial charge in [-0.2, -0.15) is 5.10 Å². The molecule has 0 aliphatic heterocycles. The predicted molar refractivity (Wildman–Crippen MR) is 137 cm³/mol. The van der Waals surface area contributed by atoms with Gasteiger partial charge in [0.15, 0.2) is 0 Å². The van der Waals surface area contributed by atoms with Crippen LogP contribution in [0.25, 0.3) is 21.8 Å². The second kappa shape index (κ2) is 10.0. The quantitative estimate of drug-likeness (QED) is 0.237. The standard InChI is InChI=1S/C29H25N3O2/c33-29(18-19-32-27-12-6-4-10-25(27)26-11-5-7-13-28(26)32)31-30-20-22-14-16-24(17-15-22)34-21-23-8-2-1-3-9-23/h1-17,20H,18-19,21H2,(H,31,33)/b30-20-. The molecule has 0 atom stereocenters. The van der Waals surface area contributed by atoms with E-state index in [1.807, 2.05) is 78.9 Å². The average molecular weight is 448 g/mol. The van der Waals surface area contributed by atoms with E-state index in [0.717, 1.165) is 27.9 Å². The van der Waals surface area contributed by atoms with Crippen LogP contribution in [0, 0.1) is 0 Å². The summed E-state index contributed by atoms with van der Waals surface area (Å²) in [5, 5.41) is 6.52. The van der Waals surface area contributed by atoms with Crippen LogP contribution in [0.2, 0.25) is 0 Å². The van der Waals surface area contributed by atoms with Crippen LogP contribution in [0.1, 0.15) is 17.5 Å². The molecule has 0 saturated heterocycles. The van der Waals surface area contributed by atoms with Crippen molar-refractivity contribution in [1.82, 2.24) is 9.99 Å². The van der Waals surface area contributed by atoms with Crippen LogP contribution >= 0.6 is 0 Å². The summed E-state index contributed by atoms with van der Waals surface area (Å²) >= 11 is 0. The van der Waals surface area contributed by atoms with Gasteiger partial charge >= 0.3 is 0 Å². The van der Waals surface area contributed by atoms with E-state index in [0.29, 0.717) is 19.6 Å². The molecule has 34 heavy (non-hydrogen) atoms. The SMILES string of the molecule is O=C(CCn1c2ccccc2c2ccccc21)N/N=C\c1ccc(OCc2ccccc2)cc1. The van der Waals surface area contributed by atoms with Gasteiger partial charge in [0.05, 0.1) is 6.21 Å². The summed E-state index contributed by atoms with van der Waals surface area (Å²) in [6.07, 6.45) is 1.98. The fourth-order valence-corrected chi connectivity index (χ4v) is 4.08. The third-order valence-corrected chi connectivity index (χ3v) is 5.77. The van der Waals surface area contributed by atoms with Crippen LogP contribution < -0.4 is 10.2 Å². The Kier molecular flexibility index (Phi) is 6.34. The van der Waals surface area contributed by atoms with Crippen molar-refractivity contribution >= 4 is 33.9 Å². The molecule has 4 aromatic carbocycles. The zero-order chi connectivity index (χ0) is 23.2. The van der Waals surface area contributed by atoms with Crippen molar-refractivity contribution in [3.05, 3.63) is 114 Å². The molecule has 1 N–H and O–H groups in total. The number of carbonyl (C=O) groups excluding carboxylic acids is 1. The fourth-order valence-electron chi connectivity index (χ4n) is 4.08. The molecule has 5 rings (SSSR count). The maximum atomic E-state index is 12.4. The van der Waals surface area contributed by atoms with Crippen molar-refractivity contribution in [2.24, 2.45) is 5.10 Å².